The van der Waals surface area contributed by atoms with Crippen LogP contribution in [-0.4, -0.2) is 49.9 Å². The van der Waals surface area contributed by atoms with Crippen LogP contribution in [0.15, 0.2) is 30.3 Å². The van der Waals surface area contributed by atoms with E-state index in [1.807, 2.05) is 23.1 Å². The summed E-state index contributed by atoms with van der Waals surface area (Å²) in [5, 5.41) is 5.86. The Morgan fingerprint density at radius 2 is 2.05 bits per heavy atom. The van der Waals surface area contributed by atoms with E-state index in [9.17, 15) is 9.59 Å². The van der Waals surface area contributed by atoms with Gasteiger partial charge in [-0.25, -0.2) is 0 Å². The number of hydrogen-bond donors (Lipinski definition) is 2. The van der Waals surface area contributed by atoms with Gasteiger partial charge in [-0.3, -0.25) is 9.59 Å². The topological polar surface area (TPSA) is 61.4 Å². The van der Waals surface area contributed by atoms with E-state index in [0.717, 1.165) is 25.9 Å². The number of nitrogens with one attached hydrogen (secondary N) is 2. The van der Waals surface area contributed by atoms with E-state index in [0.29, 0.717) is 24.6 Å². The molecule has 1 fully saturated rings. The normalized spacial score (nSPS) is 18.3. The number of hydrogen-bond acceptors (Lipinski definition) is 3. The van der Waals surface area contributed by atoms with Gasteiger partial charge in [-0.05, 0) is 37.9 Å². The second-order valence-corrected chi connectivity index (χ2v) is 5.45. The third kappa shape index (κ3) is 4.56. The molecule has 1 aliphatic heterocycles. The lowest BCUT2D eigenvalue weighted by Crippen LogP contribution is -2.46. The molecule has 1 saturated heterocycles. The van der Waals surface area contributed by atoms with Crippen molar-refractivity contribution in [2.45, 2.75) is 12.8 Å². The maximum absolute atomic E-state index is 12.0. The maximum Gasteiger partial charge on any atom is 0.251 e. The monoisotopic (exact) mass is 289 g/mol. The van der Waals surface area contributed by atoms with E-state index in [2.05, 4.69) is 10.6 Å². The lowest BCUT2D eigenvalue weighted by molar-refractivity contribution is -0.131. The molecule has 0 saturated carbocycles. The molecule has 5 nitrogen and oxygen atoms in total. The first-order valence-corrected chi connectivity index (χ1v) is 7.46. The smallest absolute Gasteiger partial charge is 0.251 e. The van der Waals surface area contributed by atoms with Gasteiger partial charge in [0.05, 0.1) is 6.54 Å². The quantitative estimate of drug-likeness (QED) is 0.846. The second kappa shape index (κ2) is 7.78. The van der Waals surface area contributed by atoms with E-state index in [4.69, 9.17) is 0 Å². The van der Waals surface area contributed by atoms with Gasteiger partial charge in [-0.1, -0.05) is 18.2 Å². The van der Waals surface area contributed by atoms with Gasteiger partial charge in [-0.15, -0.1) is 0 Å². The Balaban J connectivity index is 1.80. The molecule has 114 valence electrons. The average Bonchev–Trinajstić information content (AvgIpc) is 2.54. The summed E-state index contributed by atoms with van der Waals surface area (Å²) in [5.41, 5.74) is 0.677. The predicted octanol–water partition coefficient (Wildman–Crippen LogP) is 0.874. The lowest BCUT2D eigenvalue weighted by Gasteiger charge is -2.33. The Labute approximate surface area is 125 Å². The van der Waals surface area contributed by atoms with Gasteiger partial charge in [0.15, 0.2) is 0 Å². The number of nitrogens with zero attached hydrogens (tertiary/aromatic N) is 1. The molecule has 1 aromatic carbocycles. The number of likely N-dealkylation sites (N-methyl/N-ethyl adjacent to an activating group) is 1. The van der Waals surface area contributed by atoms with Crippen LogP contribution in [0, 0.1) is 5.92 Å². The first-order valence-electron chi connectivity index (χ1n) is 7.46. The molecular weight excluding hydrogens is 266 g/mol. The van der Waals surface area contributed by atoms with Crippen LogP contribution < -0.4 is 10.6 Å². The highest BCUT2D eigenvalue weighted by Gasteiger charge is 2.23. The van der Waals surface area contributed by atoms with Crippen molar-refractivity contribution in [2.24, 2.45) is 5.92 Å². The highest BCUT2D eigenvalue weighted by Crippen LogP contribution is 2.16. The Hall–Kier alpha value is -1.88. The minimum Gasteiger partial charge on any atom is -0.352 e. The van der Waals surface area contributed by atoms with Crippen molar-refractivity contribution >= 4 is 11.8 Å². The van der Waals surface area contributed by atoms with Crippen molar-refractivity contribution in [2.75, 3.05) is 33.2 Å². The molecule has 0 aromatic heterocycles. The van der Waals surface area contributed by atoms with Crippen molar-refractivity contribution in [3.8, 4) is 0 Å². The van der Waals surface area contributed by atoms with Gasteiger partial charge in [0.25, 0.3) is 5.91 Å². The van der Waals surface area contributed by atoms with Crippen LogP contribution >= 0.6 is 0 Å². The Morgan fingerprint density at radius 3 is 2.76 bits per heavy atom. The Morgan fingerprint density at radius 1 is 1.29 bits per heavy atom. The third-order valence-electron chi connectivity index (χ3n) is 3.79. The molecule has 0 aliphatic carbocycles. The van der Waals surface area contributed by atoms with Crippen molar-refractivity contribution in [1.82, 2.24) is 15.5 Å². The predicted molar refractivity (Wildman–Crippen MR) is 82.0 cm³/mol. The zero-order valence-corrected chi connectivity index (χ0v) is 12.5. The summed E-state index contributed by atoms with van der Waals surface area (Å²) in [6, 6.07) is 9.21. The summed E-state index contributed by atoms with van der Waals surface area (Å²) in [6.07, 6.45) is 2.06. The summed E-state index contributed by atoms with van der Waals surface area (Å²) < 4.78 is 0. The summed E-state index contributed by atoms with van der Waals surface area (Å²) in [6.45, 7) is 2.55. The fourth-order valence-electron chi connectivity index (χ4n) is 2.65. The molecule has 2 N–H and O–H groups in total. The van der Waals surface area contributed by atoms with Gasteiger partial charge in [-0.2, -0.15) is 0 Å². The number of amides is 2. The molecule has 1 aromatic rings. The fraction of sp³-hybridized carbons (Fsp3) is 0.500. The lowest BCUT2D eigenvalue weighted by atomic mass is 9.97. The van der Waals surface area contributed by atoms with Crippen LogP contribution in [0.3, 0.4) is 0 Å². The summed E-state index contributed by atoms with van der Waals surface area (Å²) in [4.78, 5) is 25.8. The molecule has 2 amide bonds. The third-order valence-corrected chi connectivity index (χ3v) is 3.79. The van der Waals surface area contributed by atoms with E-state index in [1.165, 1.54) is 0 Å². The van der Waals surface area contributed by atoms with E-state index >= 15 is 0 Å². The SMILES string of the molecule is CNCC(=O)N1CCCC(CNC(=O)c2ccccc2)C1. The Bertz CT molecular complexity index is 476. The van der Waals surface area contributed by atoms with Gasteiger partial charge < -0.3 is 15.5 Å². The van der Waals surface area contributed by atoms with Gasteiger partial charge >= 0.3 is 0 Å². The van der Waals surface area contributed by atoms with Gasteiger partial charge in [0.1, 0.15) is 0 Å². The second-order valence-electron chi connectivity index (χ2n) is 5.45. The van der Waals surface area contributed by atoms with Crippen molar-refractivity contribution in [3.05, 3.63) is 35.9 Å². The van der Waals surface area contributed by atoms with E-state index < -0.39 is 0 Å². The summed E-state index contributed by atoms with van der Waals surface area (Å²) in [7, 11) is 1.78. The average molecular weight is 289 g/mol. The standard InChI is InChI=1S/C16H23N3O2/c1-17-11-15(20)19-9-5-6-13(12-19)10-18-16(21)14-7-3-2-4-8-14/h2-4,7-8,13,17H,5-6,9-12H2,1H3,(H,18,21). The molecule has 1 atom stereocenters. The molecule has 1 unspecified atom stereocenters. The zero-order chi connectivity index (χ0) is 15.1. The molecule has 1 heterocycles. The molecule has 1 aliphatic rings. The van der Waals surface area contributed by atoms with Gasteiger partial charge in [0, 0.05) is 25.2 Å². The fourth-order valence-corrected chi connectivity index (χ4v) is 2.65. The van der Waals surface area contributed by atoms with Crippen LogP contribution in [-0.2, 0) is 4.79 Å². The number of carbonyl (C=O) groups excluding carboxylic acids is 2. The molecule has 21 heavy (non-hydrogen) atoms. The molecule has 5 heteroatoms. The highest BCUT2D eigenvalue weighted by atomic mass is 16.2. The largest absolute Gasteiger partial charge is 0.352 e. The maximum atomic E-state index is 12.0. The first kappa shape index (κ1) is 15.5. The number of likely N-dealkylation sites (tertiary alicyclic amines) is 1. The van der Waals surface area contributed by atoms with Crippen LogP contribution in [0.2, 0.25) is 0 Å². The number of rotatable bonds is 5. The van der Waals surface area contributed by atoms with Gasteiger partial charge in [0.2, 0.25) is 5.91 Å². The van der Waals surface area contributed by atoms with E-state index in [-0.39, 0.29) is 11.8 Å². The van der Waals surface area contributed by atoms with Crippen molar-refractivity contribution < 1.29 is 9.59 Å². The summed E-state index contributed by atoms with van der Waals surface area (Å²) >= 11 is 0. The first-order chi connectivity index (χ1) is 10.2. The van der Waals surface area contributed by atoms with Crippen LogP contribution in [0.1, 0.15) is 23.2 Å². The van der Waals surface area contributed by atoms with Crippen molar-refractivity contribution in [3.63, 3.8) is 0 Å². The molecule has 2 rings (SSSR count). The van der Waals surface area contributed by atoms with Crippen LogP contribution in [0.25, 0.3) is 0 Å². The highest BCUT2D eigenvalue weighted by molar-refractivity contribution is 5.94. The van der Waals surface area contributed by atoms with E-state index in [1.54, 1.807) is 19.2 Å². The van der Waals surface area contributed by atoms with Crippen molar-refractivity contribution in [1.29, 1.82) is 0 Å². The zero-order valence-electron chi connectivity index (χ0n) is 12.5. The molecule has 0 radical (unpaired) electrons. The minimum absolute atomic E-state index is 0.0470. The Kier molecular flexibility index (Phi) is 5.75. The molecule has 0 bridgehead atoms. The number of carbonyl (C=O) groups is 2. The summed E-state index contributed by atoms with van der Waals surface area (Å²) in [5.74, 6) is 0.429. The van der Waals surface area contributed by atoms with Crippen LogP contribution in [0.4, 0.5) is 0 Å². The number of benzene rings is 1. The molecule has 0 spiro atoms. The number of piperidine rings is 1. The molecular formula is C16H23N3O2. The minimum atomic E-state index is -0.0470. The van der Waals surface area contributed by atoms with Crippen LogP contribution in [0.5, 0.6) is 0 Å².